The van der Waals surface area contributed by atoms with E-state index in [2.05, 4.69) is 10.3 Å². The molecule has 18 heavy (non-hydrogen) atoms. The number of benzene rings is 1. The van der Waals surface area contributed by atoms with E-state index in [1.165, 1.54) is 17.7 Å². The summed E-state index contributed by atoms with van der Waals surface area (Å²) in [6.07, 6.45) is 3.59. The first-order valence-electron chi connectivity index (χ1n) is 5.71. The summed E-state index contributed by atoms with van der Waals surface area (Å²) in [5, 5.41) is 3.83. The van der Waals surface area contributed by atoms with Gasteiger partial charge in [-0.3, -0.25) is 4.98 Å². The minimum Gasteiger partial charge on any atom is -0.309 e. The van der Waals surface area contributed by atoms with Crippen LogP contribution in [0.25, 0.3) is 0 Å². The van der Waals surface area contributed by atoms with Crippen LogP contribution in [0, 0.1) is 12.7 Å². The van der Waals surface area contributed by atoms with Crippen molar-refractivity contribution in [3.63, 3.8) is 0 Å². The van der Waals surface area contributed by atoms with Gasteiger partial charge in [-0.15, -0.1) is 0 Å². The van der Waals surface area contributed by atoms with Crippen molar-refractivity contribution in [3.8, 4) is 0 Å². The quantitative estimate of drug-likeness (QED) is 0.915. The van der Waals surface area contributed by atoms with Gasteiger partial charge in [0.2, 0.25) is 0 Å². The van der Waals surface area contributed by atoms with Gasteiger partial charge < -0.3 is 5.32 Å². The number of aromatic nitrogens is 1. The second kappa shape index (κ2) is 5.94. The molecule has 0 spiro atoms. The van der Waals surface area contributed by atoms with Gasteiger partial charge in [-0.1, -0.05) is 11.6 Å². The third-order valence-corrected chi connectivity index (χ3v) is 3.14. The molecule has 4 heteroatoms. The molecule has 0 amide bonds. The predicted molar refractivity (Wildman–Crippen MR) is 70.9 cm³/mol. The van der Waals surface area contributed by atoms with E-state index in [9.17, 15) is 4.39 Å². The fourth-order valence-corrected chi connectivity index (χ4v) is 1.90. The molecule has 0 aliphatic rings. The molecule has 0 atom stereocenters. The van der Waals surface area contributed by atoms with E-state index in [0.717, 1.165) is 11.1 Å². The molecule has 94 valence electrons. The van der Waals surface area contributed by atoms with Gasteiger partial charge >= 0.3 is 0 Å². The Labute approximate surface area is 111 Å². The third-order valence-electron chi connectivity index (χ3n) is 2.78. The fraction of sp³-hybridized carbons (Fsp3) is 0.214. The van der Waals surface area contributed by atoms with Crippen LogP contribution >= 0.6 is 11.6 Å². The Bertz CT molecular complexity index is 543. The van der Waals surface area contributed by atoms with Gasteiger partial charge in [-0.2, -0.15) is 0 Å². The van der Waals surface area contributed by atoms with E-state index in [1.807, 2.05) is 19.2 Å². The first kappa shape index (κ1) is 13.0. The van der Waals surface area contributed by atoms with Gasteiger partial charge in [0, 0.05) is 30.5 Å². The number of rotatable bonds is 4. The molecule has 2 nitrogen and oxygen atoms in total. The van der Waals surface area contributed by atoms with Gasteiger partial charge in [-0.05, 0) is 47.9 Å². The number of hydrogen-bond donors (Lipinski definition) is 1. The van der Waals surface area contributed by atoms with E-state index in [-0.39, 0.29) is 5.82 Å². The first-order chi connectivity index (χ1) is 8.66. The molecule has 2 rings (SSSR count). The maximum Gasteiger partial charge on any atom is 0.123 e. The molecular formula is C14H14ClFN2. The summed E-state index contributed by atoms with van der Waals surface area (Å²) in [5.41, 5.74) is 3.08. The van der Waals surface area contributed by atoms with Gasteiger partial charge in [0.15, 0.2) is 0 Å². The highest BCUT2D eigenvalue weighted by atomic mass is 35.5. The average Bonchev–Trinajstić information content (AvgIpc) is 2.36. The van der Waals surface area contributed by atoms with Crippen LogP contribution in [0.3, 0.4) is 0 Å². The van der Waals surface area contributed by atoms with E-state index < -0.39 is 0 Å². The van der Waals surface area contributed by atoms with Gasteiger partial charge in [0.05, 0.1) is 0 Å². The topological polar surface area (TPSA) is 24.9 Å². The van der Waals surface area contributed by atoms with Crippen LogP contribution in [-0.2, 0) is 13.1 Å². The second-order valence-electron chi connectivity index (χ2n) is 4.14. The molecule has 2 aromatic rings. The van der Waals surface area contributed by atoms with Gasteiger partial charge in [-0.25, -0.2) is 4.39 Å². The zero-order valence-electron chi connectivity index (χ0n) is 10.1. The molecular weight excluding hydrogens is 251 g/mol. The zero-order valence-corrected chi connectivity index (χ0v) is 10.8. The van der Waals surface area contributed by atoms with Crippen LogP contribution < -0.4 is 5.32 Å². The highest BCUT2D eigenvalue weighted by molar-refractivity contribution is 6.31. The summed E-state index contributed by atoms with van der Waals surface area (Å²) < 4.78 is 13.1. The number of halogens is 2. The van der Waals surface area contributed by atoms with Crippen LogP contribution in [-0.4, -0.2) is 4.98 Å². The lowest BCUT2D eigenvalue weighted by Gasteiger charge is -2.08. The Hall–Kier alpha value is -1.45. The molecule has 0 saturated carbocycles. The average molecular weight is 265 g/mol. The summed E-state index contributed by atoms with van der Waals surface area (Å²) in [6.45, 7) is 3.26. The van der Waals surface area contributed by atoms with E-state index >= 15 is 0 Å². The highest BCUT2D eigenvalue weighted by Gasteiger charge is 2.02. The summed E-state index contributed by atoms with van der Waals surface area (Å²) in [6, 6.07) is 6.36. The van der Waals surface area contributed by atoms with Crippen molar-refractivity contribution >= 4 is 11.6 Å². The fourth-order valence-electron chi connectivity index (χ4n) is 1.71. The maximum absolute atomic E-state index is 13.1. The largest absolute Gasteiger partial charge is 0.309 e. The van der Waals surface area contributed by atoms with Crippen molar-refractivity contribution in [2.45, 2.75) is 20.0 Å². The lowest BCUT2D eigenvalue weighted by Crippen LogP contribution is -2.14. The van der Waals surface area contributed by atoms with Crippen LogP contribution in [0.1, 0.15) is 16.7 Å². The SMILES string of the molecule is Cc1cnccc1CNCc1cc(F)ccc1Cl. The van der Waals surface area contributed by atoms with Crippen LogP contribution in [0.5, 0.6) is 0 Å². The van der Waals surface area contributed by atoms with Gasteiger partial charge in [0.25, 0.3) is 0 Å². The Morgan fingerprint density at radius 2 is 2.00 bits per heavy atom. The van der Waals surface area contributed by atoms with Crippen LogP contribution in [0.2, 0.25) is 5.02 Å². The molecule has 1 aromatic heterocycles. The number of nitrogens with one attached hydrogen (secondary N) is 1. The molecule has 0 unspecified atom stereocenters. The van der Waals surface area contributed by atoms with Crippen molar-refractivity contribution < 1.29 is 4.39 Å². The minimum absolute atomic E-state index is 0.267. The third kappa shape index (κ3) is 3.28. The van der Waals surface area contributed by atoms with Crippen molar-refractivity contribution in [2.24, 2.45) is 0 Å². The van der Waals surface area contributed by atoms with E-state index in [1.54, 1.807) is 12.3 Å². The van der Waals surface area contributed by atoms with E-state index in [0.29, 0.717) is 18.1 Å². The van der Waals surface area contributed by atoms with Crippen molar-refractivity contribution in [1.82, 2.24) is 10.3 Å². The molecule has 0 saturated heterocycles. The van der Waals surface area contributed by atoms with Crippen molar-refractivity contribution in [2.75, 3.05) is 0 Å². The normalized spacial score (nSPS) is 10.6. The number of hydrogen-bond acceptors (Lipinski definition) is 2. The maximum atomic E-state index is 13.1. The Balaban J connectivity index is 1.96. The number of pyridine rings is 1. The van der Waals surface area contributed by atoms with Crippen LogP contribution in [0.15, 0.2) is 36.7 Å². The molecule has 0 fully saturated rings. The first-order valence-corrected chi connectivity index (χ1v) is 6.09. The Kier molecular flexibility index (Phi) is 4.28. The molecule has 0 aliphatic carbocycles. The molecule has 1 aromatic carbocycles. The van der Waals surface area contributed by atoms with E-state index in [4.69, 9.17) is 11.6 Å². The summed E-state index contributed by atoms with van der Waals surface area (Å²) in [7, 11) is 0. The lowest BCUT2D eigenvalue weighted by molar-refractivity contribution is 0.620. The van der Waals surface area contributed by atoms with Gasteiger partial charge in [0.1, 0.15) is 5.82 Å². The number of nitrogens with zero attached hydrogens (tertiary/aromatic N) is 1. The minimum atomic E-state index is -0.267. The molecule has 0 radical (unpaired) electrons. The number of aryl methyl sites for hydroxylation is 1. The van der Waals surface area contributed by atoms with Crippen molar-refractivity contribution in [3.05, 3.63) is 64.2 Å². The zero-order chi connectivity index (χ0) is 13.0. The molecule has 1 N–H and O–H groups in total. The molecule has 0 aliphatic heterocycles. The summed E-state index contributed by atoms with van der Waals surface area (Å²) in [5.74, 6) is -0.267. The summed E-state index contributed by atoms with van der Waals surface area (Å²) in [4.78, 5) is 4.04. The Morgan fingerprint density at radius 3 is 2.78 bits per heavy atom. The highest BCUT2D eigenvalue weighted by Crippen LogP contribution is 2.17. The predicted octanol–water partition coefficient (Wildman–Crippen LogP) is 3.47. The summed E-state index contributed by atoms with van der Waals surface area (Å²) >= 11 is 5.99. The molecule has 1 heterocycles. The molecule has 0 bridgehead atoms. The van der Waals surface area contributed by atoms with Crippen LogP contribution in [0.4, 0.5) is 4.39 Å². The smallest absolute Gasteiger partial charge is 0.123 e. The Morgan fingerprint density at radius 1 is 1.22 bits per heavy atom. The van der Waals surface area contributed by atoms with Crippen molar-refractivity contribution in [1.29, 1.82) is 0 Å². The monoisotopic (exact) mass is 264 g/mol. The second-order valence-corrected chi connectivity index (χ2v) is 4.55. The standard InChI is InChI=1S/C14H14ClFN2/c1-10-7-17-5-4-11(10)8-18-9-12-6-13(16)2-3-14(12)15/h2-7,18H,8-9H2,1H3. The lowest BCUT2D eigenvalue weighted by atomic mass is 10.1.